The zero-order chi connectivity index (χ0) is 8.10. The van der Waals surface area contributed by atoms with Crippen molar-refractivity contribution in [2.45, 2.75) is 26.3 Å². The summed E-state index contributed by atoms with van der Waals surface area (Å²) in [6, 6.07) is 4.91. The van der Waals surface area contributed by atoms with Crippen LogP contribution in [0, 0.1) is 0 Å². The molecule has 1 atom stereocenters. The predicted molar refractivity (Wildman–Crippen MR) is 58.4 cm³/mol. The third-order valence-corrected chi connectivity index (χ3v) is 2.54. The molecular formula is C9H16ClNS. The Bertz CT molecular complexity index is 186. The Labute approximate surface area is 84.6 Å². The van der Waals surface area contributed by atoms with E-state index >= 15 is 0 Å². The van der Waals surface area contributed by atoms with Gasteiger partial charge in [-0.1, -0.05) is 13.0 Å². The minimum Gasteiger partial charge on any atom is -0.314 e. The van der Waals surface area contributed by atoms with Gasteiger partial charge in [0.05, 0.1) is 0 Å². The van der Waals surface area contributed by atoms with E-state index in [1.807, 2.05) is 11.3 Å². The first-order valence-corrected chi connectivity index (χ1v) is 4.96. The maximum atomic E-state index is 3.39. The van der Waals surface area contributed by atoms with E-state index in [1.54, 1.807) is 0 Å². The quantitative estimate of drug-likeness (QED) is 0.797. The summed E-state index contributed by atoms with van der Waals surface area (Å²) in [7, 11) is 0. The maximum absolute atomic E-state index is 3.39. The van der Waals surface area contributed by atoms with Crippen LogP contribution in [0.25, 0.3) is 0 Å². The third-order valence-electron chi connectivity index (χ3n) is 1.64. The van der Waals surface area contributed by atoms with Crippen LogP contribution in [-0.4, -0.2) is 12.6 Å². The molecule has 1 heterocycles. The molecule has 0 aliphatic rings. The van der Waals surface area contributed by atoms with E-state index in [9.17, 15) is 0 Å². The monoisotopic (exact) mass is 205 g/mol. The Balaban J connectivity index is 0.00000121. The van der Waals surface area contributed by atoms with Gasteiger partial charge in [-0.15, -0.1) is 23.7 Å². The molecule has 1 nitrogen and oxygen atoms in total. The van der Waals surface area contributed by atoms with Crippen LogP contribution in [0.5, 0.6) is 0 Å². The molecule has 12 heavy (non-hydrogen) atoms. The summed E-state index contributed by atoms with van der Waals surface area (Å²) in [4.78, 5) is 1.47. The van der Waals surface area contributed by atoms with Crippen LogP contribution in [0.1, 0.15) is 18.7 Å². The van der Waals surface area contributed by atoms with Crippen LogP contribution in [0.15, 0.2) is 17.5 Å². The average molecular weight is 206 g/mol. The number of nitrogens with one attached hydrogen (secondary N) is 1. The van der Waals surface area contributed by atoms with E-state index in [1.165, 1.54) is 4.88 Å². The van der Waals surface area contributed by atoms with Crippen molar-refractivity contribution >= 4 is 23.7 Å². The van der Waals surface area contributed by atoms with Crippen molar-refractivity contribution in [1.29, 1.82) is 0 Å². The zero-order valence-corrected chi connectivity index (χ0v) is 9.17. The maximum Gasteiger partial charge on any atom is 0.00869 e. The number of thiophene rings is 1. The highest BCUT2D eigenvalue weighted by atomic mass is 35.5. The van der Waals surface area contributed by atoms with E-state index in [4.69, 9.17) is 0 Å². The fraction of sp³-hybridized carbons (Fsp3) is 0.556. The SMILES string of the molecule is CCNC(C)Cc1cccs1.Cl. The van der Waals surface area contributed by atoms with Crippen LogP contribution >= 0.6 is 23.7 Å². The Morgan fingerprint density at radius 1 is 1.58 bits per heavy atom. The molecule has 0 aliphatic carbocycles. The van der Waals surface area contributed by atoms with E-state index < -0.39 is 0 Å². The first kappa shape index (κ1) is 11.9. The van der Waals surface area contributed by atoms with Gasteiger partial charge in [0.15, 0.2) is 0 Å². The average Bonchev–Trinajstić information content (AvgIpc) is 2.40. The van der Waals surface area contributed by atoms with Crippen LogP contribution in [-0.2, 0) is 6.42 Å². The molecule has 3 heteroatoms. The third kappa shape index (κ3) is 4.10. The summed E-state index contributed by atoms with van der Waals surface area (Å²) in [5, 5.41) is 5.52. The minimum atomic E-state index is 0. The molecule has 1 aromatic heterocycles. The number of rotatable bonds is 4. The molecule has 1 aromatic rings. The van der Waals surface area contributed by atoms with E-state index in [0.29, 0.717) is 6.04 Å². The van der Waals surface area contributed by atoms with Crippen LogP contribution < -0.4 is 5.32 Å². The second-order valence-corrected chi connectivity index (χ2v) is 3.77. The van der Waals surface area contributed by atoms with Crippen LogP contribution in [0.4, 0.5) is 0 Å². The van der Waals surface area contributed by atoms with Gasteiger partial charge in [0.1, 0.15) is 0 Å². The largest absolute Gasteiger partial charge is 0.314 e. The van der Waals surface area contributed by atoms with Gasteiger partial charge in [0, 0.05) is 10.9 Å². The van der Waals surface area contributed by atoms with Gasteiger partial charge < -0.3 is 5.32 Å². The molecule has 0 bridgehead atoms. The highest BCUT2D eigenvalue weighted by Gasteiger charge is 2.00. The smallest absolute Gasteiger partial charge is 0.00869 e. The highest BCUT2D eigenvalue weighted by Crippen LogP contribution is 2.10. The molecule has 1 rings (SSSR count). The lowest BCUT2D eigenvalue weighted by Crippen LogP contribution is -2.27. The molecule has 0 aliphatic heterocycles. The van der Waals surface area contributed by atoms with E-state index in [2.05, 4.69) is 36.7 Å². The summed E-state index contributed by atoms with van der Waals surface area (Å²) in [6.07, 6.45) is 1.16. The van der Waals surface area contributed by atoms with E-state index in [-0.39, 0.29) is 12.4 Å². The van der Waals surface area contributed by atoms with Crippen LogP contribution in [0.3, 0.4) is 0 Å². The lowest BCUT2D eigenvalue weighted by molar-refractivity contribution is 0.569. The van der Waals surface area contributed by atoms with Gasteiger partial charge in [-0.2, -0.15) is 0 Å². The lowest BCUT2D eigenvalue weighted by Gasteiger charge is -2.09. The fourth-order valence-electron chi connectivity index (χ4n) is 1.15. The van der Waals surface area contributed by atoms with Crippen LogP contribution in [0.2, 0.25) is 0 Å². The van der Waals surface area contributed by atoms with Gasteiger partial charge >= 0.3 is 0 Å². The molecule has 0 fully saturated rings. The Hall–Kier alpha value is -0.0500. The molecule has 0 saturated heterocycles. The fourth-order valence-corrected chi connectivity index (χ4v) is 1.99. The van der Waals surface area contributed by atoms with Crippen molar-refractivity contribution in [2.24, 2.45) is 0 Å². The number of hydrogen-bond acceptors (Lipinski definition) is 2. The minimum absolute atomic E-state index is 0. The highest BCUT2D eigenvalue weighted by molar-refractivity contribution is 7.09. The Kier molecular flexibility index (Phi) is 6.44. The molecule has 1 N–H and O–H groups in total. The van der Waals surface area contributed by atoms with Crippen molar-refractivity contribution in [3.8, 4) is 0 Å². The summed E-state index contributed by atoms with van der Waals surface area (Å²) < 4.78 is 0. The van der Waals surface area contributed by atoms with Gasteiger partial charge in [0.25, 0.3) is 0 Å². The molecule has 0 saturated carbocycles. The van der Waals surface area contributed by atoms with Gasteiger partial charge in [-0.25, -0.2) is 0 Å². The number of hydrogen-bond donors (Lipinski definition) is 1. The standard InChI is InChI=1S/C9H15NS.ClH/c1-3-10-8(2)7-9-5-4-6-11-9;/h4-6,8,10H,3,7H2,1-2H3;1H. The van der Waals surface area contributed by atoms with Gasteiger partial charge in [-0.3, -0.25) is 0 Å². The van der Waals surface area contributed by atoms with Gasteiger partial charge in [0.2, 0.25) is 0 Å². The van der Waals surface area contributed by atoms with Crippen molar-refractivity contribution in [2.75, 3.05) is 6.54 Å². The second-order valence-electron chi connectivity index (χ2n) is 2.74. The molecule has 0 radical (unpaired) electrons. The van der Waals surface area contributed by atoms with Crippen molar-refractivity contribution in [3.63, 3.8) is 0 Å². The van der Waals surface area contributed by atoms with Crippen molar-refractivity contribution in [3.05, 3.63) is 22.4 Å². The Morgan fingerprint density at radius 2 is 2.33 bits per heavy atom. The zero-order valence-electron chi connectivity index (χ0n) is 7.54. The summed E-state index contributed by atoms with van der Waals surface area (Å²) in [5.41, 5.74) is 0. The molecule has 0 spiro atoms. The first-order valence-electron chi connectivity index (χ1n) is 4.08. The van der Waals surface area contributed by atoms with Gasteiger partial charge in [-0.05, 0) is 31.3 Å². The first-order chi connectivity index (χ1) is 5.33. The lowest BCUT2D eigenvalue weighted by atomic mass is 10.2. The number of halogens is 1. The summed E-state index contributed by atoms with van der Waals surface area (Å²) in [5.74, 6) is 0. The topological polar surface area (TPSA) is 12.0 Å². The summed E-state index contributed by atoms with van der Waals surface area (Å²) >= 11 is 1.84. The molecule has 0 amide bonds. The Morgan fingerprint density at radius 3 is 2.83 bits per heavy atom. The normalized spacial score (nSPS) is 12.2. The molecule has 70 valence electrons. The van der Waals surface area contributed by atoms with Crippen molar-refractivity contribution < 1.29 is 0 Å². The molecule has 1 unspecified atom stereocenters. The second kappa shape index (κ2) is 6.46. The molecule has 0 aromatic carbocycles. The number of likely N-dealkylation sites (N-methyl/N-ethyl adjacent to an activating group) is 1. The van der Waals surface area contributed by atoms with E-state index in [0.717, 1.165) is 13.0 Å². The predicted octanol–water partition coefficient (Wildman–Crippen LogP) is 2.71. The van der Waals surface area contributed by atoms with Crippen molar-refractivity contribution in [1.82, 2.24) is 5.32 Å². The summed E-state index contributed by atoms with van der Waals surface area (Å²) in [6.45, 7) is 5.43. The molecular weight excluding hydrogens is 190 g/mol.